The van der Waals surface area contributed by atoms with Crippen LogP contribution < -0.4 is 10.4 Å². The Kier molecular flexibility index (Phi) is 2.59. The summed E-state index contributed by atoms with van der Waals surface area (Å²) in [5, 5.41) is 2.74. The zero-order chi connectivity index (χ0) is 9.35. The van der Waals surface area contributed by atoms with Crippen LogP contribution in [-0.2, 0) is 0 Å². The zero-order valence-corrected chi connectivity index (χ0v) is 10.2. The molecule has 0 aliphatic heterocycles. The fourth-order valence-electron chi connectivity index (χ4n) is 1.51. The number of hydrogen-bond acceptors (Lipinski definition) is 0. The van der Waals surface area contributed by atoms with Gasteiger partial charge in [0, 0.05) is 0 Å². The van der Waals surface area contributed by atoms with E-state index >= 15 is 0 Å². The molecule has 0 aliphatic carbocycles. The summed E-state index contributed by atoms with van der Waals surface area (Å²) in [4.78, 5) is 0. The van der Waals surface area contributed by atoms with Crippen LogP contribution in [0.4, 0.5) is 0 Å². The highest BCUT2D eigenvalue weighted by atomic mass is 28.3. The van der Waals surface area contributed by atoms with E-state index in [2.05, 4.69) is 55.0 Å². The Morgan fingerprint density at radius 2 is 1.75 bits per heavy atom. The Balaban J connectivity index is 3.19. The molecule has 0 bridgehead atoms. The number of rotatable bonds is 1. The lowest BCUT2D eigenvalue weighted by Gasteiger charge is -2.19. The average molecular weight is 191 g/mol. The van der Waals surface area contributed by atoms with Gasteiger partial charge in [-0.05, 0) is 6.92 Å². The minimum Gasteiger partial charge on any atom is -0.0671 e. The summed E-state index contributed by atoms with van der Waals surface area (Å²) in [5.74, 6) is 0. The Morgan fingerprint density at radius 1 is 1.17 bits per heavy atom. The molecular weight excluding hydrogens is 176 g/mol. The standard InChI is InChI=1S/C10H15Si2/c1-8-7-9(11)5-6-10(8)12(2,3)4/h5-7H,1-4H3. The third-order valence-electron chi connectivity index (χ3n) is 2.03. The normalized spacial score (nSPS) is 11.8. The third kappa shape index (κ3) is 2.08. The van der Waals surface area contributed by atoms with Crippen LogP contribution in [0.5, 0.6) is 0 Å². The molecule has 0 saturated heterocycles. The van der Waals surface area contributed by atoms with Gasteiger partial charge in [0.1, 0.15) is 0 Å². The lowest BCUT2D eigenvalue weighted by atomic mass is 10.2. The van der Waals surface area contributed by atoms with Crippen LogP contribution in [0.3, 0.4) is 0 Å². The van der Waals surface area contributed by atoms with Gasteiger partial charge in [0.2, 0.25) is 0 Å². The molecule has 0 spiro atoms. The summed E-state index contributed by atoms with van der Waals surface area (Å²) in [6.45, 7) is 9.32. The van der Waals surface area contributed by atoms with Crippen molar-refractivity contribution in [3.63, 3.8) is 0 Å². The van der Waals surface area contributed by atoms with Crippen LogP contribution >= 0.6 is 0 Å². The third-order valence-corrected chi connectivity index (χ3v) is 4.52. The van der Waals surface area contributed by atoms with E-state index in [1.54, 1.807) is 5.19 Å². The summed E-state index contributed by atoms with van der Waals surface area (Å²) >= 11 is 0. The molecule has 0 aromatic heterocycles. The van der Waals surface area contributed by atoms with Gasteiger partial charge in [0.25, 0.3) is 0 Å². The Hall–Kier alpha value is -0.346. The van der Waals surface area contributed by atoms with Gasteiger partial charge < -0.3 is 0 Å². The van der Waals surface area contributed by atoms with Gasteiger partial charge in [0.05, 0.1) is 18.3 Å². The quantitative estimate of drug-likeness (QED) is 0.588. The van der Waals surface area contributed by atoms with Crippen molar-refractivity contribution in [2.45, 2.75) is 26.6 Å². The molecule has 1 aromatic rings. The maximum Gasteiger partial charge on any atom is 0.0779 e. The largest absolute Gasteiger partial charge is 0.0779 e. The molecule has 2 heteroatoms. The molecule has 1 rings (SSSR count). The number of aryl methyl sites for hydroxylation is 1. The van der Waals surface area contributed by atoms with Crippen molar-refractivity contribution in [3.8, 4) is 0 Å². The fourth-order valence-corrected chi connectivity index (χ4v) is 3.64. The second-order valence-electron chi connectivity index (χ2n) is 4.28. The van der Waals surface area contributed by atoms with E-state index < -0.39 is 8.07 Å². The number of hydrogen-bond donors (Lipinski definition) is 0. The summed E-state index contributed by atoms with van der Waals surface area (Å²) in [7, 11) is 2.41. The van der Waals surface area contributed by atoms with Gasteiger partial charge >= 0.3 is 0 Å². The Labute approximate surface area is 79.4 Å². The molecule has 0 fully saturated rings. The van der Waals surface area contributed by atoms with Crippen molar-refractivity contribution >= 4 is 28.7 Å². The van der Waals surface area contributed by atoms with Crippen molar-refractivity contribution in [2.75, 3.05) is 0 Å². The molecule has 0 unspecified atom stereocenters. The molecule has 1 aromatic carbocycles. The predicted molar refractivity (Wildman–Crippen MR) is 59.5 cm³/mol. The second kappa shape index (κ2) is 3.19. The minimum absolute atomic E-state index is 1.12. The van der Waals surface area contributed by atoms with Crippen molar-refractivity contribution in [3.05, 3.63) is 23.8 Å². The Morgan fingerprint density at radius 3 is 2.17 bits per heavy atom. The van der Waals surface area contributed by atoms with Crippen LogP contribution in [0.25, 0.3) is 0 Å². The van der Waals surface area contributed by atoms with Crippen molar-refractivity contribution < 1.29 is 0 Å². The number of benzene rings is 1. The smallest absolute Gasteiger partial charge is 0.0671 e. The average Bonchev–Trinajstić information content (AvgIpc) is 1.83. The highest BCUT2D eigenvalue weighted by Crippen LogP contribution is 2.04. The van der Waals surface area contributed by atoms with Crippen molar-refractivity contribution in [2.24, 2.45) is 0 Å². The van der Waals surface area contributed by atoms with Crippen LogP contribution in [0.15, 0.2) is 18.2 Å². The summed E-state index contributed by atoms with van der Waals surface area (Å²) < 4.78 is 0. The van der Waals surface area contributed by atoms with Gasteiger partial charge in [-0.15, -0.1) is 0 Å². The maximum absolute atomic E-state index is 3.53. The second-order valence-corrected chi connectivity index (χ2v) is 9.90. The first kappa shape index (κ1) is 9.74. The minimum atomic E-state index is -1.12. The van der Waals surface area contributed by atoms with Crippen LogP contribution in [0.1, 0.15) is 5.56 Å². The van der Waals surface area contributed by atoms with E-state index in [-0.39, 0.29) is 0 Å². The van der Waals surface area contributed by atoms with Crippen molar-refractivity contribution in [1.82, 2.24) is 0 Å². The lowest BCUT2D eigenvalue weighted by molar-refractivity contribution is 1.51. The molecule has 0 heterocycles. The first-order valence-electron chi connectivity index (χ1n) is 4.24. The van der Waals surface area contributed by atoms with E-state index in [1.807, 2.05) is 0 Å². The summed E-state index contributed by atoms with van der Waals surface area (Å²) in [5.41, 5.74) is 1.42. The van der Waals surface area contributed by atoms with Gasteiger partial charge in [0.15, 0.2) is 0 Å². The van der Waals surface area contributed by atoms with Gasteiger partial charge in [-0.2, -0.15) is 0 Å². The molecule has 0 amide bonds. The van der Waals surface area contributed by atoms with Gasteiger partial charge in [-0.1, -0.05) is 53.8 Å². The molecule has 12 heavy (non-hydrogen) atoms. The highest BCUT2D eigenvalue weighted by Gasteiger charge is 2.17. The highest BCUT2D eigenvalue weighted by molar-refractivity contribution is 6.89. The molecule has 0 atom stereocenters. The van der Waals surface area contributed by atoms with Crippen LogP contribution in [0.2, 0.25) is 19.6 Å². The van der Waals surface area contributed by atoms with Crippen LogP contribution in [-0.4, -0.2) is 18.3 Å². The zero-order valence-electron chi connectivity index (χ0n) is 8.23. The molecular formula is C10H15Si2. The monoisotopic (exact) mass is 191 g/mol. The fraction of sp³-hybridized carbons (Fsp3) is 0.400. The van der Waals surface area contributed by atoms with E-state index in [4.69, 9.17) is 0 Å². The predicted octanol–water partition coefficient (Wildman–Crippen LogP) is 1.33. The molecule has 0 N–H and O–H groups in total. The lowest BCUT2D eigenvalue weighted by Crippen LogP contribution is -2.40. The van der Waals surface area contributed by atoms with E-state index in [9.17, 15) is 0 Å². The molecule has 0 saturated carbocycles. The first-order valence-corrected chi connectivity index (χ1v) is 8.24. The molecule has 0 nitrogen and oxygen atoms in total. The summed E-state index contributed by atoms with van der Waals surface area (Å²) in [6, 6.07) is 6.59. The van der Waals surface area contributed by atoms with Crippen LogP contribution in [0, 0.1) is 6.92 Å². The molecule has 0 aliphatic rings. The van der Waals surface area contributed by atoms with Gasteiger partial charge in [-0.3, -0.25) is 0 Å². The SMILES string of the molecule is Cc1cc([Si])ccc1[Si](C)(C)C. The van der Waals surface area contributed by atoms with E-state index in [0.29, 0.717) is 0 Å². The molecule has 3 radical (unpaired) electrons. The Bertz CT molecular complexity index is 284. The van der Waals surface area contributed by atoms with Gasteiger partial charge in [-0.25, -0.2) is 0 Å². The topological polar surface area (TPSA) is 0 Å². The maximum atomic E-state index is 3.53. The first-order chi connectivity index (χ1) is 5.41. The van der Waals surface area contributed by atoms with Crippen molar-refractivity contribution in [1.29, 1.82) is 0 Å². The molecule has 63 valence electrons. The van der Waals surface area contributed by atoms with E-state index in [0.717, 1.165) is 0 Å². The summed E-state index contributed by atoms with van der Waals surface area (Å²) in [6.07, 6.45) is 0. The van der Waals surface area contributed by atoms with E-state index in [1.165, 1.54) is 10.8 Å².